The van der Waals surface area contributed by atoms with Crippen LogP contribution in [0.3, 0.4) is 0 Å². The van der Waals surface area contributed by atoms with Crippen molar-refractivity contribution in [3.05, 3.63) is 30.1 Å². The SMILES string of the molecule is CNC1CCN(C(=O)C2CCCN(C(=O)Nc3ccccc3F)C2)CC1.Cl. The Hall–Kier alpha value is -1.86. The van der Waals surface area contributed by atoms with E-state index >= 15 is 0 Å². The number of piperidine rings is 2. The molecule has 0 saturated carbocycles. The van der Waals surface area contributed by atoms with Gasteiger partial charge in [0.15, 0.2) is 0 Å². The first-order valence-corrected chi connectivity index (χ1v) is 9.35. The van der Waals surface area contributed by atoms with Crippen LogP contribution in [-0.4, -0.2) is 61.0 Å². The monoisotopic (exact) mass is 398 g/mol. The molecule has 2 aliphatic rings. The Kier molecular flexibility index (Phi) is 7.86. The van der Waals surface area contributed by atoms with Gasteiger partial charge in [0, 0.05) is 32.2 Å². The number of urea groups is 1. The first-order chi connectivity index (χ1) is 12.6. The molecule has 3 rings (SSSR count). The second-order valence-electron chi connectivity index (χ2n) is 7.08. The van der Waals surface area contributed by atoms with Gasteiger partial charge >= 0.3 is 6.03 Å². The smallest absolute Gasteiger partial charge is 0.321 e. The average Bonchev–Trinajstić information content (AvgIpc) is 2.69. The van der Waals surface area contributed by atoms with Gasteiger partial charge in [-0.2, -0.15) is 0 Å². The molecule has 1 aromatic rings. The largest absolute Gasteiger partial charge is 0.342 e. The molecule has 2 saturated heterocycles. The zero-order valence-electron chi connectivity index (χ0n) is 15.6. The van der Waals surface area contributed by atoms with Crippen LogP contribution in [0.5, 0.6) is 0 Å². The highest BCUT2D eigenvalue weighted by molar-refractivity contribution is 5.90. The molecule has 0 spiro atoms. The number of likely N-dealkylation sites (tertiary alicyclic amines) is 2. The van der Waals surface area contributed by atoms with E-state index in [0.717, 1.165) is 38.8 Å². The van der Waals surface area contributed by atoms with Crippen molar-refractivity contribution in [2.45, 2.75) is 31.7 Å². The Bertz CT molecular complexity index is 652. The van der Waals surface area contributed by atoms with Crippen LogP contribution in [0.1, 0.15) is 25.7 Å². The van der Waals surface area contributed by atoms with Crippen LogP contribution in [0.15, 0.2) is 24.3 Å². The second kappa shape index (κ2) is 9.90. The lowest BCUT2D eigenvalue weighted by Gasteiger charge is -2.37. The van der Waals surface area contributed by atoms with Crippen molar-refractivity contribution in [2.75, 3.05) is 38.5 Å². The van der Waals surface area contributed by atoms with E-state index in [4.69, 9.17) is 0 Å². The summed E-state index contributed by atoms with van der Waals surface area (Å²) in [6, 6.07) is 6.24. The summed E-state index contributed by atoms with van der Waals surface area (Å²) in [5.41, 5.74) is 0.167. The highest BCUT2D eigenvalue weighted by atomic mass is 35.5. The number of benzene rings is 1. The summed E-state index contributed by atoms with van der Waals surface area (Å²) in [5.74, 6) is -0.484. The molecule has 1 aromatic carbocycles. The van der Waals surface area contributed by atoms with Gasteiger partial charge in [-0.1, -0.05) is 12.1 Å². The Morgan fingerprint density at radius 1 is 1.07 bits per heavy atom. The Balaban J connectivity index is 0.00000261. The zero-order chi connectivity index (χ0) is 18.5. The van der Waals surface area contributed by atoms with E-state index in [0.29, 0.717) is 19.1 Å². The van der Waals surface area contributed by atoms with E-state index in [-0.39, 0.29) is 36.0 Å². The minimum absolute atomic E-state index is 0. The van der Waals surface area contributed by atoms with Crippen molar-refractivity contribution < 1.29 is 14.0 Å². The van der Waals surface area contributed by atoms with Gasteiger partial charge in [0.2, 0.25) is 5.91 Å². The number of hydrogen-bond acceptors (Lipinski definition) is 3. The zero-order valence-corrected chi connectivity index (χ0v) is 16.4. The molecule has 3 amide bonds. The van der Waals surface area contributed by atoms with Gasteiger partial charge in [0.05, 0.1) is 11.6 Å². The van der Waals surface area contributed by atoms with E-state index in [1.165, 1.54) is 12.1 Å². The molecule has 0 aromatic heterocycles. The van der Waals surface area contributed by atoms with Gasteiger partial charge in [-0.15, -0.1) is 12.4 Å². The fraction of sp³-hybridized carbons (Fsp3) is 0.579. The number of amides is 3. The maximum Gasteiger partial charge on any atom is 0.321 e. The third-order valence-corrected chi connectivity index (χ3v) is 5.39. The summed E-state index contributed by atoms with van der Waals surface area (Å²) in [6.07, 6.45) is 3.52. The molecule has 6 nitrogen and oxygen atoms in total. The number of anilines is 1. The fourth-order valence-corrected chi connectivity index (χ4v) is 3.77. The Morgan fingerprint density at radius 2 is 1.78 bits per heavy atom. The number of carbonyl (C=O) groups is 2. The van der Waals surface area contributed by atoms with Crippen molar-refractivity contribution in [1.29, 1.82) is 0 Å². The highest BCUT2D eigenvalue weighted by Gasteiger charge is 2.32. The van der Waals surface area contributed by atoms with Gasteiger partial charge in [-0.05, 0) is 44.9 Å². The third kappa shape index (κ3) is 5.32. The highest BCUT2D eigenvalue weighted by Crippen LogP contribution is 2.22. The molecule has 0 radical (unpaired) electrons. The van der Waals surface area contributed by atoms with Crippen LogP contribution < -0.4 is 10.6 Å². The number of nitrogens with one attached hydrogen (secondary N) is 2. The summed E-state index contributed by atoms with van der Waals surface area (Å²) in [4.78, 5) is 28.8. The van der Waals surface area contributed by atoms with E-state index in [9.17, 15) is 14.0 Å². The lowest BCUT2D eigenvalue weighted by molar-refractivity contribution is -0.138. The molecule has 0 bridgehead atoms. The van der Waals surface area contributed by atoms with Crippen molar-refractivity contribution in [2.24, 2.45) is 5.92 Å². The predicted molar refractivity (Wildman–Crippen MR) is 106 cm³/mol. The number of hydrogen-bond donors (Lipinski definition) is 2. The van der Waals surface area contributed by atoms with Crippen LogP contribution >= 0.6 is 12.4 Å². The topological polar surface area (TPSA) is 64.7 Å². The summed E-state index contributed by atoms with van der Waals surface area (Å²) >= 11 is 0. The minimum Gasteiger partial charge on any atom is -0.342 e. The van der Waals surface area contributed by atoms with Gasteiger partial charge in [-0.3, -0.25) is 4.79 Å². The van der Waals surface area contributed by atoms with E-state index < -0.39 is 5.82 Å². The molecule has 2 aliphatic heterocycles. The summed E-state index contributed by atoms with van der Waals surface area (Å²) < 4.78 is 13.7. The standard InChI is InChI=1S/C19H27FN4O2.ClH/c1-21-15-8-11-23(12-9-15)18(25)14-5-4-10-24(13-14)19(26)22-17-7-3-2-6-16(17)20;/h2-3,6-7,14-15,21H,4-5,8-13H2,1H3,(H,22,26);1H. The second-order valence-corrected chi connectivity index (χ2v) is 7.08. The van der Waals surface area contributed by atoms with E-state index in [1.807, 2.05) is 11.9 Å². The maximum atomic E-state index is 13.7. The molecule has 0 aliphatic carbocycles. The van der Waals surface area contributed by atoms with Gasteiger partial charge in [-0.25, -0.2) is 9.18 Å². The summed E-state index contributed by atoms with van der Waals surface area (Å²) in [5, 5.41) is 5.87. The van der Waals surface area contributed by atoms with Crippen molar-refractivity contribution in [3.8, 4) is 0 Å². The van der Waals surface area contributed by atoms with Crippen LogP contribution in [0.2, 0.25) is 0 Å². The van der Waals surface area contributed by atoms with Gasteiger partial charge in [0.25, 0.3) is 0 Å². The number of carbonyl (C=O) groups excluding carboxylic acids is 2. The molecule has 150 valence electrons. The third-order valence-electron chi connectivity index (χ3n) is 5.39. The number of rotatable bonds is 3. The molecule has 2 fully saturated rings. The van der Waals surface area contributed by atoms with Crippen molar-refractivity contribution in [1.82, 2.24) is 15.1 Å². The fourth-order valence-electron chi connectivity index (χ4n) is 3.77. The molecule has 1 atom stereocenters. The molecular formula is C19H28ClFN4O2. The van der Waals surface area contributed by atoms with Crippen LogP contribution in [0.4, 0.5) is 14.9 Å². The molecule has 2 N–H and O–H groups in total. The molecule has 8 heteroatoms. The molecule has 27 heavy (non-hydrogen) atoms. The first kappa shape index (κ1) is 21.4. The van der Waals surface area contributed by atoms with Crippen molar-refractivity contribution in [3.63, 3.8) is 0 Å². The average molecular weight is 399 g/mol. The van der Waals surface area contributed by atoms with E-state index in [2.05, 4.69) is 10.6 Å². The predicted octanol–water partition coefficient (Wildman–Crippen LogP) is 2.70. The lowest BCUT2D eigenvalue weighted by atomic mass is 9.95. The number of nitrogens with zero attached hydrogens (tertiary/aromatic N) is 2. The first-order valence-electron chi connectivity index (χ1n) is 9.35. The van der Waals surface area contributed by atoms with Crippen LogP contribution in [0.25, 0.3) is 0 Å². The van der Waals surface area contributed by atoms with Crippen molar-refractivity contribution >= 4 is 30.0 Å². The lowest BCUT2D eigenvalue weighted by Crippen LogP contribution is -2.50. The summed E-state index contributed by atoms with van der Waals surface area (Å²) in [7, 11) is 1.95. The Labute approximate surface area is 165 Å². The number of halogens is 2. The summed E-state index contributed by atoms with van der Waals surface area (Å²) in [6.45, 7) is 2.52. The minimum atomic E-state index is -0.460. The van der Waals surface area contributed by atoms with Crippen LogP contribution in [0, 0.1) is 11.7 Å². The maximum absolute atomic E-state index is 13.7. The molecule has 1 unspecified atom stereocenters. The molecule has 2 heterocycles. The quantitative estimate of drug-likeness (QED) is 0.822. The van der Waals surface area contributed by atoms with Gasteiger partial charge in [0.1, 0.15) is 5.82 Å². The van der Waals surface area contributed by atoms with Crippen LogP contribution in [-0.2, 0) is 4.79 Å². The normalized spacial score (nSPS) is 20.7. The van der Waals surface area contributed by atoms with E-state index in [1.54, 1.807) is 17.0 Å². The van der Waals surface area contributed by atoms with Gasteiger partial charge < -0.3 is 20.4 Å². The molecular weight excluding hydrogens is 371 g/mol. The Morgan fingerprint density at radius 3 is 2.44 bits per heavy atom. The number of para-hydroxylation sites is 1.